The molecule has 0 radical (unpaired) electrons. The highest BCUT2D eigenvalue weighted by Gasteiger charge is 2.33. The van der Waals surface area contributed by atoms with E-state index in [-0.39, 0.29) is 31.4 Å². The number of hydrogen-bond donors (Lipinski definition) is 3. The van der Waals surface area contributed by atoms with Crippen molar-refractivity contribution in [3.63, 3.8) is 0 Å². The number of carboxylic acids is 1. The predicted molar refractivity (Wildman–Crippen MR) is 133 cm³/mol. The smallest absolute Gasteiger partial charge is 0.407 e. The summed E-state index contributed by atoms with van der Waals surface area (Å²) < 4.78 is 5.50. The Morgan fingerprint density at radius 2 is 1.60 bits per heavy atom. The molecule has 0 spiro atoms. The Hall–Kier alpha value is -3.61. The van der Waals surface area contributed by atoms with E-state index in [1.807, 2.05) is 24.3 Å². The van der Waals surface area contributed by atoms with Crippen LogP contribution >= 0.6 is 0 Å². The van der Waals surface area contributed by atoms with E-state index in [4.69, 9.17) is 9.84 Å². The molecule has 2 aromatic carbocycles. The number of carbonyl (C=O) groups is 3. The molecule has 1 saturated carbocycles. The highest BCUT2D eigenvalue weighted by atomic mass is 16.5. The molecule has 0 atom stereocenters. The lowest BCUT2D eigenvalue weighted by molar-refractivity contribution is -0.138. The second kappa shape index (κ2) is 11.2. The van der Waals surface area contributed by atoms with Gasteiger partial charge in [-0.3, -0.25) is 9.59 Å². The number of carboxylic acid groups (broad SMARTS) is 1. The molecule has 2 amide bonds. The maximum Gasteiger partial charge on any atom is 0.407 e. The summed E-state index contributed by atoms with van der Waals surface area (Å²) in [5.41, 5.74) is 4.18. The van der Waals surface area contributed by atoms with Crippen molar-refractivity contribution < 1.29 is 24.2 Å². The van der Waals surface area contributed by atoms with Crippen LogP contribution in [-0.4, -0.2) is 41.8 Å². The fourth-order valence-electron chi connectivity index (χ4n) is 5.27. The number of fused-ring (bicyclic) bond motifs is 3. The number of benzene rings is 2. The first-order valence-corrected chi connectivity index (χ1v) is 12.3. The molecule has 1 fully saturated rings. The average molecular weight is 477 g/mol. The van der Waals surface area contributed by atoms with E-state index in [1.165, 1.54) is 17.2 Å². The van der Waals surface area contributed by atoms with Gasteiger partial charge >= 0.3 is 12.1 Å². The van der Waals surface area contributed by atoms with E-state index in [0.29, 0.717) is 6.42 Å². The molecule has 7 heteroatoms. The molecule has 35 heavy (non-hydrogen) atoms. The van der Waals surface area contributed by atoms with Crippen molar-refractivity contribution in [2.24, 2.45) is 0 Å². The third-order valence-corrected chi connectivity index (χ3v) is 6.99. The predicted octanol–water partition coefficient (Wildman–Crippen LogP) is 4.77. The zero-order valence-electron chi connectivity index (χ0n) is 19.8. The van der Waals surface area contributed by atoms with E-state index in [0.717, 1.165) is 43.2 Å². The standard InChI is InChI=1S/C28H32N2O5/c31-25(30-28(17-14-26(32)33)15-6-1-7-16-28)13-8-18-29-27(34)35-19-24-22-11-4-2-9-20(22)21-10-3-5-12-23(21)24/h2-5,8-13,24H,1,6-7,14-19H2,(H,29,34)(H,30,31)(H,32,33)/b13-8+. The maximum atomic E-state index is 12.4. The highest BCUT2D eigenvalue weighted by Crippen LogP contribution is 2.44. The van der Waals surface area contributed by atoms with Gasteiger partial charge in [0.15, 0.2) is 0 Å². The fraction of sp³-hybridized carbons (Fsp3) is 0.393. The van der Waals surface area contributed by atoms with Crippen LogP contribution in [-0.2, 0) is 14.3 Å². The molecule has 2 aromatic rings. The van der Waals surface area contributed by atoms with Gasteiger partial charge in [-0.1, -0.05) is 73.9 Å². The molecule has 4 rings (SSSR count). The van der Waals surface area contributed by atoms with Crippen LogP contribution in [0.1, 0.15) is 62.0 Å². The zero-order chi connectivity index (χ0) is 24.7. The second-order valence-electron chi connectivity index (χ2n) is 9.33. The van der Waals surface area contributed by atoms with Crippen LogP contribution in [0.3, 0.4) is 0 Å². The molecular weight excluding hydrogens is 444 g/mol. The molecule has 2 aliphatic carbocycles. The van der Waals surface area contributed by atoms with E-state index in [2.05, 4.69) is 34.9 Å². The lowest BCUT2D eigenvalue weighted by Gasteiger charge is -2.37. The SMILES string of the molecule is O=C(O)CCC1(NC(=O)/C=C/CNC(=O)OCC2c3ccccc3-c3ccccc32)CCCCC1. The van der Waals surface area contributed by atoms with Crippen molar-refractivity contribution in [1.82, 2.24) is 10.6 Å². The van der Waals surface area contributed by atoms with E-state index < -0.39 is 17.6 Å². The third-order valence-electron chi connectivity index (χ3n) is 6.99. The van der Waals surface area contributed by atoms with Gasteiger partial charge < -0.3 is 20.5 Å². The topological polar surface area (TPSA) is 105 Å². The lowest BCUT2D eigenvalue weighted by atomic mass is 9.78. The van der Waals surface area contributed by atoms with Crippen molar-refractivity contribution in [1.29, 1.82) is 0 Å². The first-order valence-electron chi connectivity index (χ1n) is 12.3. The number of ether oxygens (including phenoxy) is 1. The van der Waals surface area contributed by atoms with Gasteiger partial charge in [0.05, 0.1) is 0 Å². The fourth-order valence-corrected chi connectivity index (χ4v) is 5.27. The molecule has 0 saturated heterocycles. The maximum absolute atomic E-state index is 12.4. The molecule has 0 heterocycles. The van der Waals surface area contributed by atoms with E-state index in [9.17, 15) is 14.4 Å². The summed E-state index contributed by atoms with van der Waals surface area (Å²) >= 11 is 0. The molecular formula is C28H32N2O5. The Morgan fingerprint density at radius 1 is 0.971 bits per heavy atom. The van der Waals surface area contributed by atoms with Gasteiger partial charge in [0.1, 0.15) is 6.61 Å². The number of aliphatic carboxylic acids is 1. The first kappa shape index (κ1) is 24.5. The largest absolute Gasteiger partial charge is 0.481 e. The van der Waals surface area contributed by atoms with Gasteiger partial charge in [-0.25, -0.2) is 4.79 Å². The summed E-state index contributed by atoms with van der Waals surface area (Å²) in [6.07, 6.45) is 7.53. The van der Waals surface area contributed by atoms with Gasteiger partial charge in [0.25, 0.3) is 0 Å². The van der Waals surface area contributed by atoms with Crippen molar-refractivity contribution >= 4 is 18.0 Å². The molecule has 0 aliphatic heterocycles. The summed E-state index contributed by atoms with van der Waals surface area (Å²) in [7, 11) is 0. The molecule has 0 bridgehead atoms. The van der Waals surface area contributed by atoms with Crippen LogP contribution < -0.4 is 10.6 Å². The molecule has 2 aliphatic rings. The highest BCUT2D eigenvalue weighted by molar-refractivity contribution is 5.88. The monoisotopic (exact) mass is 476 g/mol. The van der Waals surface area contributed by atoms with Crippen LogP contribution in [0.4, 0.5) is 4.79 Å². The average Bonchev–Trinajstić information content (AvgIpc) is 3.18. The number of carbonyl (C=O) groups excluding carboxylic acids is 2. The number of amides is 2. The number of hydrogen-bond acceptors (Lipinski definition) is 4. The number of alkyl carbamates (subject to hydrolysis) is 1. The van der Waals surface area contributed by atoms with E-state index in [1.54, 1.807) is 6.08 Å². The minimum absolute atomic E-state index is 0.00745. The molecule has 3 N–H and O–H groups in total. The van der Waals surface area contributed by atoms with Gasteiger partial charge in [0.2, 0.25) is 5.91 Å². The van der Waals surface area contributed by atoms with Gasteiger partial charge in [-0.05, 0) is 41.5 Å². The minimum atomic E-state index is -0.855. The summed E-state index contributed by atoms with van der Waals surface area (Å²) in [5.74, 6) is -1.13. The Bertz CT molecular complexity index is 1060. The van der Waals surface area contributed by atoms with Gasteiger partial charge in [-0.2, -0.15) is 0 Å². The first-order chi connectivity index (χ1) is 17.0. The molecule has 184 valence electrons. The molecule has 0 aromatic heterocycles. The Balaban J connectivity index is 1.25. The van der Waals surface area contributed by atoms with Crippen molar-refractivity contribution in [3.8, 4) is 11.1 Å². The molecule has 7 nitrogen and oxygen atoms in total. The summed E-state index contributed by atoms with van der Waals surface area (Å²) in [4.78, 5) is 35.7. The van der Waals surface area contributed by atoms with Crippen LogP contribution in [0.2, 0.25) is 0 Å². The van der Waals surface area contributed by atoms with Crippen LogP contribution in [0.5, 0.6) is 0 Å². The van der Waals surface area contributed by atoms with Crippen LogP contribution in [0.25, 0.3) is 11.1 Å². The summed E-state index contributed by atoms with van der Waals surface area (Å²) in [6.45, 7) is 0.391. The lowest BCUT2D eigenvalue weighted by Crippen LogP contribution is -2.49. The Kier molecular flexibility index (Phi) is 7.85. The normalized spacial score (nSPS) is 16.3. The van der Waals surface area contributed by atoms with Gasteiger partial charge in [-0.15, -0.1) is 0 Å². The van der Waals surface area contributed by atoms with Crippen LogP contribution in [0.15, 0.2) is 60.7 Å². The third kappa shape index (κ3) is 6.10. The second-order valence-corrected chi connectivity index (χ2v) is 9.33. The molecule has 0 unspecified atom stereocenters. The van der Waals surface area contributed by atoms with Crippen molar-refractivity contribution in [2.45, 2.75) is 56.4 Å². The summed E-state index contributed by atoms with van der Waals surface area (Å²) in [6, 6.07) is 16.3. The van der Waals surface area contributed by atoms with Gasteiger partial charge in [0, 0.05) is 30.5 Å². The van der Waals surface area contributed by atoms with Crippen molar-refractivity contribution in [2.75, 3.05) is 13.2 Å². The Morgan fingerprint density at radius 3 is 2.23 bits per heavy atom. The zero-order valence-corrected chi connectivity index (χ0v) is 19.8. The van der Waals surface area contributed by atoms with Crippen LogP contribution in [0, 0.1) is 0 Å². The minimum Gasteiger partial charge on any atom is -0.481 e. The summed E-state index contributed by atoms with van der Waals surface area (Å²) in [5, 5.41) is 14.7. The Labute approximate surface area is 205 Å². The van der Waals surface area contributed by atoms with E-state index >= 15 is 0 Å². The number of nitrogens with one attached hydrogen (secondary N) is 2. The number of rotatable bonds is 9. The quantitative estimate of drug-likeness (QED) is 0.453. The van der Waals surface area contributed by atoms with Crippen molar-refractivity contribution in [3.05, 3.63) is 71.8 Å².